The molecule has 9 heteroatoms. The summed E-state index contributed by atoms with van der Waals surface area (Å²) in [6, 6.07) is 5.65. The van der Waals surface area contributed by atoms with E-state index in [1.54, 1.807) is 28.6 Å². The predicted octanol–water partition coefficient (Wildman–Crippen LogP) is 3.46. The minimum atomic E-state index is -3.96. The first-order valence-electron chi connectivity index (χ1n) is 9.40. The SMILES string of the molecule is Cc1nn(C2CCC2)c(N2CCCC2C(=O)O)c1S(=O)(=O)c1ccccc1Cl. The van der Waals surface area contributed by atoms with Crippen molar-refractivity contribution < 1.29 is 18.3 Å². The highest BCUT2D eigenvalue weighted by Crippen LogP contribution is 2.43. The lowest BCUT2D eigenvalue weighted by Crippen LogP contribution is -2.39. The van der Waals surface area contributed by atoms with Crippen molar-refractivity contribution in [2.75, 3.05) is 11.4 Å². The van der Waals surface area contributed by atoms with Gasteiger partial charge in [-0.3, -0.25) is 0 Å². The first-order chi connectivity index (χ1) is 13.3. The molecule has 0 bridgehead atoms. The molecule has 1 aromatic heterocycles. The number of aryl methyl sites for hydroxylation is 1. The lowest BCUT2D eigenvalue weighted by atomic mass is 9.93. The molecule has 1 unspecified atom stereocenters. The van der Waals surface area contributed by atoms with E-state index in [0.717, 1.165) is 19.3 Å². The molecule has 2 heterocycles. The summed E-state index contributed by atoms with van der Waals surface area (Å²) in [6.45, 7) is 2.15. The first-order valence-corrected chi connectivity index (χ1v) is 11.3. The summed E-state index contributed by atoms with van der Waals surface area (Å²) < 4.78 is 28.9. The summed E-state index contributed by atoms with van der Waals surface area (Å²) in [6.07, 6.45) is 4.04. The van der Waals surface area contributed by atoms with Crippen LogP contribution in [0.25, 0.3) is 0 Å². The number of benzene rings is 1. The molecule has 7 nitrogen and oxygen atoms in total. The Morgan fingerprint density at radius 3 is 2.54 bits per heavy atom. The van der Waals surface area contributed by atoms with Crippen LogP contribution in [0.3, 0.4) is 0 Å². The molecule has 28 heavy (non-hydrogen) atoms. The van der Waals surface area contributed by atoms with E-state index in [4.69, 9.17) is 11.6 Å². The van der Waals surface area contributed by atoms with Gasteiger partial charge in [0.1, 0.15) is 16.8 Å². The molecule has 1 N–H and O–H groups in total. The molecule has 150 valence electrons. The Balaban J connectivity index is 1.94. The number of carboxylic acids is 1. The van der Waals surface area contributed by atoms with Crippen LogP contribution in [0.4, 0.5) is 5.82 Å². The van der Waals surface area contributed by atoms with Crippen LogP contribution in [0, 0.1) is 6.92 Å². The number of sulfone groups is 1. The maximum Gasteiger partial charge on any atom is 0.326 e. The van der Waals surface area contributed by atoms with Crippen LogP contribution < -0.4 is 4.90 Å². The van der Waals surface area contributed by atoms with E-state index in [1.807, 2.05) is 0 Å². The van der Waals surface area contributed by atoms with E-state index in [2.05, 4.69) is 5.10 Å². The summed E-state index contributed by atoms with van der Waals surface area (Å²) in [5, 5.41) is 14.4. The number of hydrogen-bond acceptors (Lipinski definition) is 5. The average Bonchev–Trinajstić information content (AvgIpc) is 3.18. The largest absolute Gasteiger partial charge is 0.480 e. The monoisotopic (exact) mass is 423 g/mol. The van der Waals surface area contributed by atoms with Gasteiger partial charge in [-0.05, 0) is 51.2 Å². The van der Waals surface area contributed by atoms with Crippen molar-refractivity contribution in [1.29, 1.82) is 0 Å². The summed E-state index contributed by atoms with van der Waals surface area (Å²) in [4.78, 5) is 13.6. The zero-order valence-corrected chi connectivity index (χ0v) is 17.1. The van der Waals surface area contributed by atoms with Crippen LogP contribution in [0.15, 0.2) is 34.1 Å². The maximum absolute atomic E-state index is 13.6. The molecule has 2 aliphatic rings. The smallest absolute Gasteiger partial charge is 0.326 e. The highest BCUT2D eigenvalue weighted by Gasteiger charge is 2.41. The minimum Gasteiger partial charge on any atom is -0.480 e. The molecular formula is C19H22ClN3O4S. The third-order valence-corrected chi connectivity index (χ3v) is 8.02. The van der Waals surface area contributed by atoms with Crippen LogP contribution in [-0.2, 0) is 14.6 Å². The molecule has 1 atom stereocenters. The number of aromatic nitrogens is 2. The topological polar surface area (TPSA) is 92.5 Å². The second kappa shape index (κ2) is 7.08. The molecule has 1 saturated carbocycles. The highest BCUT2D eigenvalue weighted by atomic mass is 35.5. The van der Waals surface area contributed by atoms with Gasteiger partial charge in [-0.1, -0.05) is 23.7 Å². The van der Waals surface area contributed by atoms with E-state index in [1.165, 1.54) is 12.1 Å². The van der Waals surface area contributed by atoms with Gasteiger partial charge in [0, 0.05) is 6.54 Å². The van der Waals surface area contributed by atoms with Crippen molar-refractivity contribution in [2.24, 2.45) is 0 Å². The second-order valence-corrected chi connectivity index (χ2v) is 9.65. The van der Waals surface area contributed by atoms with Crippen LogP contribution in [0.5, 0.6) is 0 Å². The van der Waals surface area contributed by atoms with Gasteiger partial charge >= 0.3 is 5.97 Å². The van der Waals surface area contributed by atoms with Crippen LogP contribution in [-0.4, -0.2) is 41.9 Å². The highest BCUT2D eigenvalue weighted by molar-refractivity contribution is 7.91. The fourth-order valence-corrected chi connectivity index (χ4v) is 6.16. The summed E-state index contributed by atoms with van der Waals surface area (Å²) in [5.41, 5.74) is 0.373. The lowest BCUT2D eigenvalue weighted by molar-refractivity contribution is -0.138. The number of anilines is 1. The number of carbonyl (C=O) groups is 1. The number of hydrogen-bond donors (Lipinski definition) is 1. The van der Waals surface area contributed by atoms with E-state index < -0.39 is 21.8 Å². The van der Waals surface area contributed by atoms with E-state index in [9.17, 15) is 18.3 Å². The lowest BCUT2D eigenvalue weighted by Gasteiger charge is -2.32. The number of carboxylic acid groups (broad SMARTS) is 1. The Morgan fingerprint density at radius 2 is 1.93 bits per heavy atom. The van der Waals surface area contributed by atoms with Crippen LogP contribution >= 0.6 is 11.6 Å². The van der Waals surface area contributed by atoms with Crippen molar-refractivity contribution in [2.45, 2.75) is 60.9 Å². The number of halogens is 1. The molecule has 1 aliphatic carbocycles. The maximum atomic E-state index is 13.6. The van der Waals surface area contributed by atoms with Gasteiger partial charge in [0.05, 0.1) is 21.7 Å². The van der Waals surface area contributed by atoms with Crippen molar-refractivity contribution in [1.82, 2.24) is 9.78 Å². The number of rotatable bonds is 5. The Morgan fingerprint density at radius 1 is 1.21 bits per heavy atom. The van der Waals surface area contributed by atoms with Gasteiger partial charge in [-0.25, -0.2) is 17.9 Å². The average molecular weight is 424 g/mol. The molecule has 0 amide bonds. The van der Waals surface area contributed by atoms with Crippen molar-refractivity contribution in [3.8, 4) is 0 Å². The predicted molar refractivity (Wildman–Crippen MR) is 105 cm³/mol. The summed E-state index contributed by atoms with van der Waals surface area (Å²) in [7, 11) is -3.96. The Labute approximate surface area is 168 Å². The quantitative estimate of drug-likeness (QED) is 0.791. The molecule has 0 spiro atoms. The molecule has 2 aromatic rings. The fourth-order valence-electron chi connectivity index (χ4n) is 4.03. The van der Waals surface area contributed by atoms with E-state index in [0.29, 0.717) is 30.9 Å². The number of nitrogens with zero attached hydrogens (tertiary/aromatic N) is 3. The Hall–Kier alpha value is -2.06. The van der Waals surface area contributed by atoms with Crippen LogP contribution in [0.2, 0.25) is 5.02 Å². The second-order valence-electron chi connectivity index (χ2n) is 7.39. The molecular weight excluding hydrogens is 402 g/mol. The third kappa shape index (κ3) is 2.99. The Kier molecular flexibility index (Phi) is 4.87. The standard InChI is InChI=1S/C19H22ClN3O4S/c1-12-17(28(26,27)16-10-3-2-8-14(16)20)18(23(21-12)13-6-4-7-13)22-11-5-9-15(22)19(24)25/h2-3,8,10,13,15H,4-7,9,11H2,1H3,(H,24,25). The molecule has 1 aromatic carbocycles. The normalized spacial score (nSPS) is 20.4. The first kappa shape index (κ1) is 19.3. The zero-order valence-electron chi connectivity index (χ0n) is 15.5. The van der Waals surface area contributed by atoms with Crippen molar-refractivity contribution >= 4 is 33.2 Å². The molecule has 1 saturated heterocycles. The summed E-state index contributed by atoms with van der Waals surface area (Å²) in [5.74, 6) is -0.551. The van der Waals surface area contributed by atoms with Gasteiger partial charge in [0.25, 0.3) is 0 Å². The van der Waals surface area contributed by atoms with Crippen LogP contribution in [0.1, 0.15) is 43.8 Å². The van der Waals surface area contributed by atoms with Crippen molar-refractivity contribution in [3.05, 3.63) is 35.0 Å². The summed E-state index contributed by atoms with van der Waals surface area (Å²) >= 11 is 6.20. The fraction of sp³-hybridized carbons (Fsp3) is 0.474. The molecule has 4 rings (SSSR count). The molecule has 0 radical (unpaired) electrons. The van der Waals surface area contributed by atoms with Gasteiger partial charge in [0.15, 0.2) is 0 Å². The molecule has 1 aliphatic heterocycles. The third-order valence-electron chi connectivity index (χ3n) is 5.63. The Bertz CT molecular complexity index is 1030. The molecule has 2 fully saturated rings. The van der Waals surface area contributed by atoms with Crippen molar-refractivity contribution in [3.63, 3.8) is 0 Å². The van der Waals surface area contributed by atoms with Gasteiger partial charge in [0.2, 0.25) is 9.84 Å². The zero-order chi connectivity index (χ0) is 20.1. The minimum absolute atomic E-state index is 0.0141. The number of aliphatic carboxylic acids is 1. The van der Waals surface area contributed by atoms with Gasteiger partial charge < -0.3 is 10.0 Å². The van der Waals surface area contributed by atoms with Gasteiger partial charge in [-0.2, -0.15) is 5.10 Å². The van der Waals surface area contributed by atoms with Gasteiger partial charge in [-0.15, -0.1) is 0 Å². The van der Waals surface area contributed by atoms with E-state index >= 15 is 0 Å². The van der Waals surface area contributed by atoms with E-state index in [-0.39, 0.29) is 20.9 Å².